The number of hydrogen-bond donors (Lipinski definition) is 1. The number of carbonyl (C=O) groups excluding carboxylic acids is 1. The SMILES string of the molecule is CC(=O)C1CNC2(CCCCC2C)C1. The largest absolute Gasteiger partial charge is 0.310 e. The van der Waals surface area contributed by atoms with Crippen molar-refractivity contribution in [3.05, 3.63) is 0 Å². The molecular formula is C12H21NO. The molecule has 2 nitrogen and oxygen atoms in total. The molecule has 0 radical (unpaired) electrons. The molecule has 0 aromatic rings. The van der Waals surface area contributed by atoms with Crippen LogP contribution in [-0.2, 0) is 4.79 Å². The summed E-state index contributed by atoms with van der Waals surface area (Å²) >= 11 is 0. The van der Waals surface area contributed by atoms with Crippen molar-refractivity contribution in [2.24, 2.45) is 11.8 Å². The lowest BCUT2D eigenvalue weighted by Crippen LogP contribution is -2.47. The maximum atomic E-state index is 11.3. The highest BCUT2D eigenvalue weighted by Gasteiger charge is 2.44. The van der Waals surface area contributed by atoms with Crippen molar-refractivity contribution in [1.29, 1.82) is 0 Å². The molecule has 1 N–H and O–H groups in total. The molecule has 2 fully saturated rings. The third-order valence-corrected chi connectivity index (χ3v) is 4.34. The normalized spacial score (nSPS) is 43.0. The highest BCUT2D eigenvalue weighted by atomic mass is 16.1. The van der Waals surface area contributed by atoms with Crippen LogP contribution in [0, 0.1) is 11.8 Å². The van der Waals surface area contributed by atoms with Gasteiger partial charge in [-0.15, -0.1) is 0 Å². The average Bonchev–Trinajstić information content (AvgIpc) is 2.56. The Morgan fingerprint density at radius 3 is 2.79 bits per heavy atom. The molecule has 14 heavy (non-hydrogen) atoms. The van der Waals surface area contributed by atoms with Gasteiger partial charge < -0.3 is 5.32 Å². The van der Waals surface area contributed by atoms with E-state index in [1.807, 2.05) is 0 Å². The highest BCUT2D eigenvalue weighted by Crippen LogP contribution is 2.41. The molecule has 0 aromatic heterocycles. The van der Waals surface area contributed by atoms with Gasteiger partial charge in [-0.3, -0.25) is 4.79 Å². The van der Waals surface area contributed by atoms with Crippen LogP contribution in [0.15, 0.2) is 0 Å². The summed E-state index contributed by atoms with van der Waals surface area (Å²) in [5.41, 5.74) is 0.314. The minimum absolute atomic E-state index is 0.288. The molecule has 1 spiro atoms. The van der Waals surface area contributed by atoms with Crippen molar-refractivity contribution < 1.29 is 4.79 Å². The number of rotatable bonds is 1. The molecule has 80 valence electrons. The summed E-state index contributed by atoms with van der Waals surface area (Å²) in [6.45, 7) is 4.99. The standard InChI is InChI=1S/C12H21NO/c1-9-5-3-4-6-12(9)7-11(8-13-12)10(2)14/h9,11,13H,3-8H2,1-2H3. The van der Waals surface area contributed by atoms with E-state index < -0.39 is 0 Å². The van der Waals surface area contributed by atoms with Crippen LogP contribution in [-0.4, -0.2) is 17.9 Å². The predicted molar refractivity (Wildman–Crippen MR) is 57.2 cm³/mol. The fourth-order valence-electron chi connectivity index (χ4n) is 3.18. The predicted octanol–water partition coefficient (Wildman–Crippen LogP) is 2.13. The topological polar surface area (TPSA) is 29.1 Å². The molecule has 1 aliphatic heterocycles. The second-order valence-electron chi connectivity index (χ2n) is 5.20. The Kier molecular flexibility index (Phi) is 2.65. The summed E-state index contributed by atoms with van der Waals surface area (Å²) in [7, 11) is 0. The lowest BCUT2D eigenvalue weighted by molar-refractivity contribution is -0.120. The van der Waals surface area contributed by atoms with Crippen LogP contribution in [0.1, 0.15) is 46.0 Å². The van der Waals surface area contributed by atoms with E-state index in [2.05, 4.69) is 12.2 Å². The van der Waals surface area contributed by atoms with Crippen LogP contribution in [0.3, 0.4) is 0 Å². The third kappa shape index (κ3) is 1.60. The summed E-state index contributed by atoms with van der Waals surface area (Å²) in [5, 5.41) is 3.63. The van der Waals surface area contributed by atoms with E-state index >= 15 is 0 Å². The van der Waals surface area contributed by atoms with Gasteiger partial charge in [0.25, 0.3) is 0 Å². The Morgan fingerprint density at radius 1 is 1.43 bits per heavy atom. The zero-order chi connectivity index (χ0) is 10.2. The number of nitrogens with one attached hydrogen (secondary N) is 1. The van der Waals surface area contributed by atoms with E-state index in [4.69, 9.17) is 0 Å². The number of ketones is 1. The van der Waals surface area contributed by atoms with Crippen molar-refractivity contribution in [2.75, 3.05) is 6.54 Å². The molecule has 0 amide bonds. The molecule has 1 saturated heterocycles. The molecule has 2 rings (SSSR count). The first-order valence-corrected chi connectivity index (χ1v) is 5.89. The van der Waals surface area contributed by atoms with E-state index in [0.29, 0.717) is 11.3 Å². The van der Waals surface area contributed by atoms with Gasteiger partial charge in [0, 0.05) is 18.0 Å². The minimum Gasteiger partial charge on any atom is -0.310 e. The van der Waals surface area contributed by atoms with E-state index in [1.54, 1.807) is 6.92 Å². The summed E-state index contributed by atoms with van der Waals surface area (Å²) in [6, 6.07) is 0. The fraction of sp³-hybridized carbons (Fsp3) is 0.917. The zero-order valence-electron chi connectivity index (χ0n) is 9.31. The van der Waals surface area contributed by atoms with E-state index in [-0.39, 0.29) is 5.92 Å². The third-order valence-electron chi connectivity index (χ3n) is 4.34. The molecule has 1 saturated carbocycles. The van der Waals surface area contributed by atoms with Gasteiger partial charge in [0.05, 0.1) is 0 Å². The van der Waals surface area contributed by atoms with E-state index in [9.17, 15) is 4.79 Å². The molecule has 3 atom stereocenters. The molecule has 3 unspecified atom stereocenters. The van der Waals surface area contributed by atoms with Gasteiger partial charge in [0.1, 0.15) is 5.78 Å². The summed E-state index contributed by atoms with van der Waals surface area (Å²) in [4.78, 5) is 11.3. The highest BCUT2D eigenvalue weighted by molar-refractivity contribution is 5.79. The monoisotopic (exact) mass is 195 g/mol. The zero-order valence-corrected chi connectivity index (χ0v) is 9.31. The van der Waals surface area contributed by atoms with Crippen molar-refractivity contribution in [1.82, 2.24) is 5.32 Å². The molecule has 1 aliphatic carbocycles. The lowest BCUT2D eigenvalue weighted by atomic mass is 9.71. The Morgan fingerprint density at radius 2 is 2.21 bits per heavy atom. The first kappa shape index (κ1) is 10.2. The van der Waals surface area contributed by atoms with Crippen molar-refractivity contribution in [2.45, 2.75) is 51.5 Å². The maximum absolute atomic E-state index is 11.3. The van der Waals surface area contributed by atoms with Crippen LogP contribution in [0.4, 0.5) is 0 Å². The van der Waals surface area contributed by atoms with Crippen LogP contribution < -0.4 is 5.32 Å². The minimum atomic E-state index is 0.288. The second kappa shape index (κ2) is 3.65. The van der Waals surface area contributed by atoms with E-state index in [0.717, 1.165) is 18.9 Å². The van der Waals surface area contributed by atoms with Gasteiger partial charge in [0.2, 0.25) is 0 Å². The summed E-state index contributed by atoms with van der Waals surface area (Å²) in [6.07, 6.45) is 6.40. The molecule has 0 aromatic carbocycles. The molecule has 1 heterocycles. The average molecular weight is 195 g/mol. The lowest BCUT2D eigenvalue weighted by Gasteiger charge is -2.40. The van der Waals surface area contributed by atoms with Gasteiger partial charge in [-0.2, -0.15) is 0 Å². The Bertz CT molecular complexity index is 238. The number of Topliss-reactive ketones (excluding diaryl/α,β-unsaturated/α-hetero) is 1. The van der Waals surface area contributed by atoms with Crippen LogP contribution >= 0.6 is 0 Å². The maximum Gasteiger partial charge on any atom is 0.134 e. The first-order valence-electron chi connectivity index (χ1n) is 5.89. The Hall–Kier alpha value is -0.370. The van der Waals surface area contributed by atoms with Crippen LogP contribution in [0.25, 0.3) is 0 Å². The Labute approximate surface area is 86.5 Å². The van der Waals surface area contributed by atoms with Crippen molar-refractivity contribution in [3.8, 4) is 0 Å². The van der Waals surface area contributed by atoms with Crippen LogP contribution in [0.5, 0.6) is 0 Å². The fourth-order valence-corrected chi connectivity index (χ4v) is 3.18. The van der Waals surface area contributed by atoms with Crippen molar-refractivity contribution >= 4 is 5.78 Å². The van der Waals surface area contributed by atoms with Gasteiger partial charge in [0.15, 0.2) is 0 Å². The van der Waals surface area contributed by atoms with E-state index in [1.165, 1.54) is 25.7 Å². The van der Waals surface area contributed by atoms with Gasteiger partial charge >= 0.3 is 0 Å². The quantitative estimate of drug-likeness (QED) is 0.694. The van der Waals surface area contributed by atoms with Gasteiger partial charge in [-0.25, -0.2) is 0 Å². The smallest absolute Gasteiger partial charge is 0.134 e. The van der Waals surface area contributed by atoms with Gasteiger partial charge in [-0.05, 0) is 32.1 Å². The number of carbonyl (C=O) groups is 1. The molecule has 2 aliphatic rings. The van der Waals surface area contributed by atoms with Gasteiger partial charge in [-0.1, -0.05) is 19.8 Å². The van der Waals surface area contributed by atoms with Crippen molar-refractivity contribution in [3.63, 3.8) is 0 Å². The molecular weight excluding hydrogens is 174 g/mol. The summed E-state index contributed by atoms with van der Waals surface area (Å²) in [5.74, 6) is 1.41. The first-order chi connectivity index (χ1) is 6.64. The molecule has 2 heteroatoms. The summed E-state index contributed by atoms with van der Waals surface area (Å²) < 4.78 is 0. The van der Waals surface area contributed by atoms with Crippen LogP contribution in [0.2, 0.25) is 0 Å². The Balaban J connectivity index is 2.06. The number of hydrogen-bond acceptors (Lipinski definition) is 2. The molecule has 0 bridgehead atoms. The second-order valence-corrected chi connectivity index (χ2v) is 5.20.